The van der Waals surface area contributed by atoms with E-state index in [1.807, 2.05) is 30.3 Å². The van der Waals surface area contributed by atoms with Crippen LogP contribution in [0.2, 0.25) is 0 Å². The fourth-order valence-electron chi connectivity index (χ4n) is 4.26. The molecule has 1 saturated carbocycles. The van der Waals surface area contributed by atoms with Crippen molar-refractivity contribution in [1.82, 2.24) is 0 Å². The topological polar surface area (TPSA) is 63.7 Å². The van der Waals surface area contributed by atoms with E-state index in [-0.39, 0.29) is 36.0 Å². The van der Waals surface area contributed by atoms with Crippen LogP contribution in [-0.2, 0) is 20.8 Å². The van der Waals surface area contributed by atoms with Crippen LogP contribution in [0.25, 0.3) is 0 Å². The summed E-state index contributed by atoms with van der Waals surface area (Å²) in [7, 11) is 0. The lowest BCUT2D eigenvalue weighted by molar-refractivity contribution is -0.133. The number of imide groups is 1. The Morgan fingerprint density at radius 2 is 1.75 bits per heavy atom. The molecule has 1 aliphatic heterocycles. The standard InChI is InChI=1S/C23H23NO4/c1-15-10-11-19-20(12-15)23(27)24(22(19)26)17-8-5-9-18(14-17)28-21(25)13-16-6-3-2-4-7-16/h2-9,14-15,19-20H,10-13H2,1H3/t15-,19+,20-/m1/s1. The van der Waals surface area contributed by atoms with E-state index in [9.17, 15) is 14.4 Å². The normalized spacial score (nSPS) is 24.2. The molecule has 144 valence electrons. The van der Waals surface area contributed by atoms with Crippen LogP contribution < -0.4 is 9.64 Å². The van der Waals surface area contributed by atoms with Crippen molar-refractivity contribution in [3.63, 3.8) is 0 Å². The second-order valence-electron chi connectivity index (χ2n) is 7.78. The molecule has 2 fully saturated rings. The fourth-order valence-corrected chi connectivity index (χ4v) is 4.26. The Hall–Kier alpha value is -2.95. The number of amides is 2. The van der Waals surface area contributed by atoms with Gasteiger partial charge in [-0.2, -0.15) is 0 Å². The maximum Gasteiger partial charge on any atom is 0.315 e. The Bertz CT molecular complexity index is 908. The Morgan fingerprint density at radius 3 is 2.54 bits per heavy atom. The van der Waals surface area contributed by atoms with Crippen molar-refractivity contribution in [2.45, 2.75) is 32.6 Å². The molecule has 2 aromatic rings. The van der Waals surface area contributed by atoms with Crippen LogP contribution in [0.15, 0.2) is 54.6 Å². The molecule has 5 nitrogen and oxygen atoms in total. The fraction of sp³-hybridized carbons (Fsp3) is 0.348. The van der Waals surface area contributed by atoms with Gasteiger partial charge in [-0.05, 0) is 42.9 Å². The second kappa shape index (κ2) is 7.58. The molecule has 0 unspecified atom stereocenters. The minimum atomic E-state index is -0.384. The molecule has 2 aliphatic rings. The third kappa shape index (κ3) is 3.57. The van der Waals surface area contributed by atoms with Crippen LogP contribution in [-0.4, -0.2) is 17.8 Å². The van der Waals surface area contributed by atoms with E-state index in [0.29, 0.717) is 17.4 Å². The number of fused-ring (bicyclic) bond motifs is 1. The quantitative estimate of drug-likeness (QED) is 0.462. The summed E-state index contributed by atoms with van der Waals surface area (Å²) in [5, 5.41) is 0. The second-order valence-corrected chi connectivity index (χ2v) is 7.78. The first kappa shape index (κ1) is 18.4. The van der Waals surface area contributed by atoms with Crippen LogP contribution in [0.4, 0.5) is 5.69 Å². The van der Waals surface area contributed by atoms with Gasteiger partial charge in [-0.25, -0.2) is 4.90 Å². The highest BCUT2D eigenvalue weighted by molar-refractivity contribution is 6.22. The summed E-state index contributed by atoms with van der Waals surface area (Å²) in [5.74, 6) is -0.284. The number of carbonyl (C=O) groups is 3. The van der Waals surface area contributed by atoms with Crippen molar-refractivity contribution in [1.29, 1.82) is 0 Å². The van der Waals surface area contributed by atoms with Gasteiger partial charge in [0.2, 0.25) is 11.8 Å². The number of carbonyl (C=O) groups excluding carboxylic acids is 3. The molecule has 2 aromatic carbocycles. The van der Waals surface area contributed by atoms with E-state index in [0.717, 1.165) is 24.8 Å². The van der Waals surface area contributed by atoms with Gasteiger partial charge in [0.25, 0.3) is 0 Å². The highest BCUT2D eigenvalue weighted by atomic mass is 16.5. The highest BCUT2D eigenvalue weighted by Crippen LogP contribution is 2.42. The first-order chi connectivity index (χ1) is 13.5. The Balaban J connectivity index is 1.50. The summed E-state index contributed by atoms with van der Waals surface area (Å²) in [5.41, 5.74) is 1.34. The SMILES string of the molecule is C[C@@H]1CC[C@@H]2C(=O)N(c3cccc(OC(=O)Cc4ccccc4)c3)C(=O)[C@@H]2C1. The number of ether oxygens (including phenoxy) is 1. The van der Waals surface area contributed by atoms with Crippen LogP contribution in [0.3, 0.4) is 0 Å². The zero-order valence-electron chi connectivity index (χ0n) is 15.8. The van der Waals surface area contributed by atoms with Crippen LogP contribution >= 0.6 is 0 Å². The number of hydrogen-bond donors (Lipinski definition) is 0. The molecule has 1 heterocycles. The lowest BCUT2D eigenvalue weighted by Crippen LogP contribution is -2.30. The van der Waals surface area contributed by atoms with E-state index in [1.54, 1.807) is 24.3 Å². The largest absolute Gasteiger partial charge is 0.426 e. The van der Waals surface area contributed by atoms with E-state index in [2.05, 4.69) is 6.92 Å². The highest BCUT2D eigenvalue weighted by Gasteiger charge is 2.50. The molecule has 0 bridgehead atoms. The molecular formula is C23H23NO4. The van der Waals surface area contributed by atoms with Crippen molar-refractivity contribution in [2.75, 3.05) is 4.90 Å². The third-order valence-corrected chi connectivity index (χ3v) is 5.69. The van der Waals surface area contributed by atoms with Gasteiger partial charge in [0.1, 0.15) is 5.75 Å². The van der Waals surface area contributed by atoms with Gasteiger partial charge >= 0.3 is 5.97 Å². The summed E-state index contributed by atoms with van der Waals surface area (Å²) in [4.78, 5) is 39.2. The molecule has 0 N–H and O–H groups in total. The molecule has 1 aliphatic carbocycles. The molecule has 4 rings (SSSR count). The summed E-state index contributed by atoms with van der Waals surface area (Å²) >= 11 is 0. The molecule has 5 heteroatoms. The molecule has 0 radical (unpaired) electrons. The maximum atomic E-state index is 12.9. The Labute approximate surface area is 164 Å². The van der Waals surface area contributed by atoms with Crippen molar-refractivity contribution in [3.8, 4) is 5.75 Å². The zero-order chi connectivity index (χ0) is 19.7. The molecule has 0 aromatic heterocycles. The summed E-state index contributed by atoms with van der Waals surface area (Å²) in [6.45, 7) is 2.13. The Kier molecular flexibility index (Phi) is 4.99. The first-order valence-corrected chi connectivity index (χ1v) is 9.75. The van der Waals surface area contributed by atoms with Gasteiger partial charge in [-0.15, -0.1) is 0 Å². The molecule has 28 heavy (non-hydrogen) atoms. The van der Waals surface area contributed by atoms with E-state index >= 15 is 0 Å². The molecule has 1 saturated heterocycles. The van der Waals surface area contributed by atoms with Gasteiger partial charge in [-0.3, -0.25) is 14.4 Å². The van der Waals surface area contributed by atoms with Gasteiger partial charge in [0.15, 0.2) is 0 Å². The smallest absolute Gasteiger partial charge is 0.315 e. The molecule has 2 amide bonds. The first-order valence-electron chi connectivity index (χ1n) is 9.75. The minimum absolute atomic E-state index is 0.130. The summed E-state index contributed by atoms with van der Waals surface area (Å²) < 4.78 is 5.44. The monoisotopic (exact) mass is 377 g/mol. The van der Waals surface area contributed by atoms with E-state index in [1.165, 1.54) is 4.90 Å². The summed E-state index contributed by atoms with van der Waals surface area (Å²) in [6.07, 6.45) is 2.66. The van der Waals surface area contributed by atoms with Gasteiger partial charge in [0, 0.05) is 6.07 Å². The lowest BCUT2D eigenvalue weighted by Gasteiger charge is -2.25. The van der Waals surface area contributed by atoms with E-state index < -0.39 is 0 Å². The van der Waals surface area contributed by atoms with Crippen LogP contribution in [0.1, 0.15) is 31.7 Å². The number of nitrogens with zero attached hydrogens (tertiary/aromatic N) is 1. The van der Waals surface area contributed by atoms with Crippen molar-refractivity contribution >= 4 is 23.5 Å². The number of anilines is 1. The number of benzene rings is 2. The zero-order valence-corrected chi connectivity index (χ0v) is 15.8. The minimum Gasteiger partial charge on any atom is -0.426 e. The average molecular weight is 377 g/mol. The molecule has 0 spiro atoms. The van der Waals surface area contributed by atoms with Gasteiger partial charge in [-0.1, -0.05) is 43.3 Å². The Morgan fingerprint density at radius 1 is 1.00 bits per heavy atom. The molecule has 3 atom stereocenters. The van der Waals surface area contributed by atoms with Crippen LogP contribution in [0, 0.1) is 17.8 Å². The third-order valence-electron chi connectivity index (χ3n) is 5.69. The maximum absolute atomic E-state index is 12.9. The van der Waals surface area contributed by atoms with Gasteiger partial charge in [0.05, 0.1) is 23.9 Å². The van der Waals surface area contributed by atoms with Crippen molar-refractivity contribution < 1.29 is 19.1 Å². The number of hydrogen-bond acceptors (Lipinski definition) is 4. The number of rotatable bonds is 4. The van der Waals surface area contributed by atoms with Gasteiger partial charge < -0.3 is 4.74 Å². The predicted octanol–water partition coefficient (Wildman–Crippen LogP) is 3.76. The van der Waals surface area contributed by atoms with Crippen LogP contribution in [0.5, 0.6) is 5.75 Å². The number of esters is 1. The lowest BCUT2D eigenvalue weighted by atomic mass is 9.76. The predicted molar refractivity (Wildman–Crippen MR) is 105 cm³/mol. The van der Waals surface area contributed by atoms with Crippen molar-refractivity contribution in [2.24, 2.45) is 17.8 Å². The van der Waals surface area contributed by atoms with Crippen molar-refractivity contribution in [3.05, 3.63) is 60.2 Å². The van der Waals surface area contributed by atoms with E-state index in [4.69, 9.17) is 4.74 Å². The molecular weight excluding hydrogens is 354 g/mol. The summed E-state index contributed by atoms with van der Waals surface area (Å²) in [6, 6.07) is 16.0. The average Bonchev–Trinajstić information content (AvgIpc) is 2.92.